The number of hydrogen-bond acceptors (Lipinski definition) is 3. The van der Waals surface area contributed by atoms with Crippen molar-refractivity contribution in [2.24, 2.45) is 10.9 Å². The fraction of sp³-hybridized carbons (Fsp3) is 0.333. The van der Waals surface area contributed by atoms with E-state index in [1.807, 2.05) is 6.92 Å². The van der Waals surface area contributed by atoms with Gasteiger partial charge in [-0.05, 0) is 24.1 Å². The normalized spacial score (nSPS) is 13.9. The molecule has 0 aliphatic rings. The van der Waals surface area contributed by atoms with E-state index in [1.54, 1.807) is 12.1 Å². The SMILES string of the molecule is CC[C@@H](N)c1cccc(S(N)(=O)=O)c1. The fourth-order valence-corrected chi connectivity index (χ4v) is 1.73. The number of primary sulfonamides is 1. The van der Waals surface area contributed by atoms with Crippen LogP contribution in [0.3, 0.4) is 0 Å². The van der Waals surface area contributed by atoms with Gasteiger partial charge in [0.1, 0.15) is 0 Å². The Labute approximate surface area is 84.0 Å². The van der Waals surface area contributed by atoms with Crippen molar-refractivity contribution in [3.8, 4) is 0 Å². The number of benzene rings is 1. The maximum atomic E-state index is 11.0. The molecule has 0 aromatic heterocycles. The predicted molar refractivity (Wildman–Crippen MR) is 55.0 cm³/mol. The lowest BCUT2D eigenvalue weighted by molar-refractivity contribution is 0.597. The second-order valence-electron chi connectivity index (χ2n) is 3.13. The Morgan fingerprint density at radius 3 is 2.57 bits per heavy atom. The summed E-state index contributed by atoms with van der Waals surface area (Å²) < 4.78 is 22.1. The van der Waals surface area contributed by atoms with Gasteiger partial charge in [0.05, 0.1) is 4.90 Å². The maximum Gasteiger partial charge on any atom is 0.238 e. The second kappa shape index (κ2) is 4.08. The number of nitrogens with two attached hydrogens (primary N) is 2. The van der Waals surface area contributed by atoms with E-state index in [9.17, 15) is 8.42 Å². The molecule has 0 fully saturated rings. The van der Waals surface area contributed by atoms with Crippen LogP contribution >= 0.6 is 0 Å². The standard InChI is InChI=1S/C9H14N2O2S/c1-2-9(10)7-4-3-5-8(6-7)14(11,12)13/h3-6,9H,2,10H2,1H3,(H2,11,12,13)/t9-/m1/s1. The first-order valence-corrected chi connectivity index (χ1v) is 5.88. The molecule has 0 unspecified atom stereocenters. The Morgan fingerprint density at radius 1 is 1.43 bits per heavy atom. The topological polar surface area (TPSA) is 86.2 Å². The van der Waals surface area contributed by atoms with Gasteiger partial charge in [0.2, 0.25) is 10.0 Å². The van der Waals surface area contributed by atoms with Gasteiger partial charge in [0.25, 0.3) is 0 Å². The van der Waals surface area contributed by atoms with Crippen LogP contribution < -0.4 is 10.9 Å². The zero-order valence-corrected chi connectivity index (χ0v) is 8.79. The number of sulfonamides is 1. The summed E-state index contributed by atoms with van der Waals surface area (Å²) >= 11 is 0. The fourth-order valence-electron chi connectivity index (χ4n) is 1.16. The lowest BCUT2D eigenvalue weighted by Gasteiger charge is -2.09. The van der Waals surface area contributed by atoms with Crippen LogP contribution in [0.25, 0.3) is 0 Å². The third-order valence-electron chi connectivity index (χ3n) is 2.05. The largest absolute Gasteiger partial charge is 0.324 e. The quantitative estimate of drug-likeness (QED) is 0.778. The molecule has 1 aromatic rings. The molecule has 1 atom stereocenters. The Hall–Kier alpha value is -0.910. The molecule has 1 rings (SSSR count). The van der Waals surface area contributed by atoms with Crippen molar-refractivity contribution in [1.29, 1.82) is 0 Å². The highest BCUT2D eigenvalue weighted by Gasteiger charge is 2.10. The molecule has 0 spiro atoms. The van der Waals surface area contributed by atoms with E-state index >= 15 is 0 Å². The molecule has 0 saturated heterocycles. The van der Waals surface area contributed by atoms with E-state index in [2.05, 4.69) is 0 Å². The van der Waals surface area contributed by atoms with Gasteiger partial charge in [0, 0.05) is 6.04 Å². The van der Waals surface area contributed by atoms with Gasteiger partial charge < -0.3 is 5.73 Å². The Balaban J connectivity index is 3.14. The summed E-state index contributed by atoms with van der Waals surface area (Å²) in [5.41, 5.74) is 6.56. The highest BCUT2D eigenvalue weighted by atomic mass is 32.2. The summed E-state index contributed by atoms with van der Waals surface area (Å²) in [6, 6.07) is 6.27. The smallest absolute Gasteiger partial charge is 0.238 e. The van der Waals surface area contributed by atoms with Gasteiger partial charge in [-0.2, -0.15) is 0 Å². The molecule has 0 aliphatic heterocycles. The first kappa shape index (κ1) is 11.2. The molecule has 0 heterocycles. The van der Waals surface area contributed by atoms with E-state index < -0.39 is 10.0 Å². The minimum Gasteiger partial charge on any atom is -0.324 e. The summed E-state index contributed by atoms with van der Waals surface area (Å²) in [5, 5.41) is 5.00. The average molecular weight is 214 g/mol. The molecule has 0 amide bonds. The Bertz CT molecular complexity index is 415. The lowest BCUT2D eigenvalue weighted by Crippen LogP contribution is -2.14. The first-order valence-electron chi connectivity index (χ1n) is 4.33. The monoisotopic (exact) mass is 214 g/mol. The van der Waals surface area contributed by atoms with Crippen LogP contribution in [0.1, 0.15) is 24.9 Å². The molecular formula is C9H14N2O2S. The van der Waals surface area contributed by atoms with Gasteiger partial charge in [0.15, 0.2) is 0 Å². The number of hydrogen-bond donors (Lipinski definition) is 2. The molecule has 1 aromatic carbocycles. The number of rotatable bonds is 3. The van der Waals surface area contributed by atoms with Crippen molar-refractivity contribution in [3.63, 3.8) is 0 Å². The van der Waals surface area contributed by atoms with Gasteiger partial charge in [-0.15, -0.1) is 0 Å². The molecule has 4 nitrogen and oxygen atoms in total. The zero-order chi connectivity index (χ0) is 10.8. The predicted octanol–water partition coefficient (Wildman–Crippen LogP) is 0.744. The third-order valence-corrected chi connectivity index (χ3v) is 2.97. The minimum atomic E-state index is -3.62. The van der Waals surface area contributed by atoms with Crippen LogP contribution in [-0.4, -0.2) is 8.42 Å². The van der Waals surface area contributed by atoms with Crippen molar-refractivity contribution in [2.45, 2.75) is 24.3 Å². The van der Waals surface area contributed by atoms with Crippen molar-refractivity contribution in [3.05, 3.63) is 29.8 Å². The van der Waals surface area contributed by atoms with Crippen LogP contribution in [0.2, 0.25) is 0 Å². The molecule has 5 heteroatoms. The van der Waals surface area contributed by atoms with Crippen molar-refractivity contribution in [2.75, 3.05) is 0 Å². The molecular weight excluding hydrogens is 200 g/mol. The lowest BCUT2D eigenvalue weighted by atomic mass is 10.1. The van der Waals surface area contributed by atoms with Gasteiger partial charge in [-0.1, -0.05) is 19.1 Å². The van der Waals surface area contributed by atoms with Gasteiger partial charge in [-0.3, -0.25) is 0 Å². The summed E-state index contributed by atoms with van der Waals surface area (Å²) in [5.74, 6) is 0. The Kier molecular flexibility index (Phi) is 3.25. The van der Waals surface area contributed by atoms with Crippen LogP contribution in [0.15, 0.2) is 29.2 Å². The van der Waals surface area contributed by atoms with E-state index in [-0.39, 0.29) is 10.9 Å². The highest BCUT2D eigenvalue weighted by molar-refractivity contribution is 7.89. The molecule has 4 N–H and O–H groups in total. The summed E-state index contributed by atoms with van der Waals surface area (Å²) in [6.07, 6.45) is 0.758. The van der Waals surface area contributed by atoms with Crippen LogP contribution in [-0.2, 0) is 10.0 Å². The highest BCUT2D eigenvalue weighted by Crippen LogP contribution is 2.17. The first-order chi connectivity index (χ1) is 6.45. The van der Waals surface area contributed by atoms with E-state index in [0.29, 0.717) is 0 Å². The molecule has 0 aliphatic carbocycles. The van der Waals surface area contributed by atoms with Crippen LogP contribution in [0.5, 0.6) is 0 Å². The van der Waals surface area contributed by atoms with Crippen molar-refractivity contribution < 1.29 is 8.42 Å². The van der Waals surface area contributed by atoms with Crippen molar-refractivity contribution in [1.82, 2.24) is 0 Å². The third kappa shape index (κ3) is 2.54. The minimum absolute atomic E-state index is 0.110. The van der Waals surface area contributed by atoms with Gasteiger partial charge >= 0.3 is 0 Å². The summed E-state index contributed by atoms with van der Waals surface area (Å²) in [6.45, 7) is 1.94. The molecule has 78 valence electrons. The molecule has 14 heavy (non-hydrogen) atoms. The van der Waals surface area contributed by atoms with Crippen molar-refractivity contribution >= 4 is 10.0 Å². The van der Waals surface area contributed by atoms with Gasteiger partial charge in [-0.25, -0.2) is 13.6 Å². The molecule has 0 bridgehead atoms. The maximum absolute atomic E-state index is 11.0. The van der Waals surface area contributed by atoms with E-state index in [1.165, 1.54) is 12.1 Å². The molecule has 0 radical (unpaired) electrons. The average Bonchev–Trinajstić information content (AvgIpc) is 2.15. The molecule has 0 saturated carbocycles. The summed E-state index contributed by atoms with van der Waals surface area (Å²) in [7, 11) is -3.62. The van der Waals surface area contributed by atoms with Crippen LogP contribution in [0, 0.1) is 0 Å². The zero-order valence-electron chi connectivity index (χ0n) is 7.97. The van der Waals surface area contributed by atoms with Crippen LogP contribution in [0.4, 0.5) is 0 Å². The second-order valence-corrected chi connectivity index (χ2v) is 4.69. The van der Waals surface area contributed by atoms with E-state index in [4.69, 9.17) is 10.9 Å². The van der Waals surface area contributed by atoms with E-state index in [0.717, 1.165) is 12.0 Å². The summed E-state index contributed by atoms with van der Waals surface area (Å²) in [4.78, 5) is 0.110. The Morgan fingerprint density at radius 2 is 2.07 bits per heavy atom.